The molecule has 1 saturated heterocycles. The summed E-state index contributed by atoms with van der Waals surface area (Å²) in [5.74, 6) is -0.496. The third kappa shape index (κ3) is 1.54. The SMILES string of the molecule is Fc1cc(F)c2c(c1)[C@@H]1CCCN[C@H]1CC2. The zero-order chi connectivity index (χ0) is 11.1. The monoisotopic (exact) mass is 223 g/mol. The highest BCUT2D eigenvalue weighted by atomic mass is 19.1. The molecule has 1 aliphatic carbocycles. The van der Waals surface area contributed by atoms with Crippen LogP contribution >= 0.6 is 0 Å². The maximum Gasteiger partial charge on any atom is 0.129 e. The highest BCUT2D eigenvalue weighted by molar-refractivity contribution is 5.36. The maximum atomic E-state index is 13.6. The summed E-state index contributed by atoms with van der Waals surface area (Å²) in [7, 11) is 0. The molecule has 0 saturated carbocycles. The van der Waals surface area contributed by atoms with E-state index in [2.05, 4.69) is 5.32 Å². The van der Waals surface area contributed by atoms with Crippen LogP contribution < -0.4 is 5.32 Å². The van der Waals surface area contributed by atoms with Crippen molar-refractivity contribution >= 4 is 0 Å². The molecule has 3 heteroatoms. The number of nitrogens with one attached hydrogen (secondary N) is 1. The normalized spacial score (nSPS) is 28.4. The molecule has 0 amide bonds. The van der Waals surface area contributed by atoms with E-state index in [0.29, 0.717) is 12.0 Å². The Morgan fingerprint density at radius 2 is 2.06 bits per heavy atom. The van der Waals surface area contributed by atoms with Crippen molar-refractivity contribution in [2.45, 2.75) is 37.6 Å². The Kier molecular flexibility index (Phi) is 2.43. The molecule has 1 nitrogen and oxygen atoms in total. The van der Waals surface area contributed by atoms with Crippen molar-refractivity contribution in [3.63, 3.8) is 0 Å². The van der Waals surface area contributed by atoms with Gasteiger partial charge in [-0.3, -0.25) is 0 Å². The number of benzene rings is 1. The van der Waals surface area contributed by atoms with E-state index in [4.69, 9.17) is 0 Å². The molecule has 16 heavy (non-hydrogen) atoms. The van der Waals surface area contributed by atoms with Gasteiger partial charge in [0, 0.05) is 12.1 Å². The second-order valence-corrected chi connectivity index (χ2v) is 4.80. The Morgan fingerprint density at radius 1 is 1.19 bits per heavy atom. The van der Waals surface area contributed by atoms with E-state index in [9.17, 15) is 8.78 Å². The van der Waals surface area contributed by atoms with Crippen LogP contribution in [0.1, 0.15) is 36.3 Å². The summed E-state index contributed by atoms with van der Waals surface area (Å²) >= 11 is 0. The van der Waals surface area contributed by atoms with Crippen molar-refractivity contribution in [2.24, 2.45) is 0 Å². The summed E-state index contributed by atoms with van der Waals surface area (Å²) in [6, 6.07) is 2.96. The van der Waals surface area contributed by atoms with E-state index in [1.807, 2.05) is 0 Å². The molecule has 86 valence electrons. The average molecular weight is 223 g/mol. The largest absolute Gasteiger partial charge is 0.313 e. The lowest BCUT2D eigenvalue weighted by atomic mass is 9.75. The second-order valence-electron chi connectivity index (χ2n) is 4.80. The molecule has 1 N–H and O–H groups in total. The van der Waals surface area contributed by atoms with E-state index in [1.54, 1.807) is 0 Å². The van der Waals surface area contributed by atoms with Crippen molar-refractivity contribution in [2.75, 3.05) is 6.54 Å². The highest BCUT2D eigenvalue weighted by Crippen LogP contribution is 2.38. The van der Waals surface area contributed by atoms with Crippen molar-refractivity contribution in [3.8, 4) is 0 Å². The smallest absolute Gasteiger partial charge is 0.129 e. The molecule has 3 rings (SSSR count). The average Bonchev–Trinajstić information content (AvgIpc) is 2.28. The van der Waals surface area contributed by atoms with E-state index in [1.165, 1.54) is 6.07 Å². The third-order valence-electron chi connectivity index (χ3n) is 3.88. The third-order valence-corrected chi connectivity index (χ3v) is 3.88. The van der Waals surface area contributed by atoms with Gasteiger partial charge in [0.15, 0.2) is 0 Å². The summed E-state index contributed by atoms with van der Waals surface area (Å²) in [6.07, 6.45) is 3.85. The molecule has 0 spiro atoms. The van der Waals surface area contributed by atoms with Crippen LogP contribution in [0.15, 0.2) is 12.1 Å². The van der Waals surface area contributed by atoms with Gasteiger partial charge in [-0.2, -0.15) is 0 Å². The van der Waals surface area contributed by atoms with Gasteiger partial charge in [0.05, 0.1) is 0 Å². The molecule has 0 radical (unpaired) electrons. The number of piperidine rings is 1. The van der Waals surface area contributed by atoms with Gasteiger partial charge in [-0.05, 0) is 55.3 Å². The first-order chi connectivity index (χ1) is 7.75. The molecular formula is C13H15F2N. The molecule has 0 unspecified atom stereocenters. The number of hydrogen-bond acceptors (Lipinski definition) is 1. The summed E-state index contributed by atoms with van der Waals surface area (Å²) in [6.45, 7) is 1.04. The van der Waals surface area contributed by atoms with Crippen LogP contribution in [0.2, 0.25) is 0 Å². The first-order valence-electron chi connectivity index (χ1n) is 5.97. The topological polar surface area (TPSA) is 12.0 Å². The predicted molar refractivity (Wildman–Crippen MR) is 58.4 cm³/mol. The Balaban J connectivity index is 2.06. The van der Waals surface area contributed by atoms with Gasteiger partial charge in [0.25, 0.3) is 0 Å². The fourth-order valence-corrected chi connectivity index (χ4v) is 3.15. The number of hydrogen-bond donors (Lipinski definition) is 1. The van der Waals surface area contributed by atoms with E-state index in [0.717, 1.165) is 49.4 Å². The minimum absolute atomic E-state index is 0.308. The zero-order valence-electron chi connectivity index (χ0n) is 9.10. The Bertz CT molecular complexity index is 417. The molecule has 2 atom stereocenters. The minimum atomic E-state index is -0.442. The standard InChI is InChI=1S/C13H15F2N/c14-8-6-11-9(12(15)7-8)3-4-13-10(11)2-1-5-16-13/h6-7,10,13,16H,1-5H2/t10-,13-/m0/s1. The zero-order valence-corrected chi connectivity index (χ0v) is 9.10. The first-order valence-corrected chi connectivity index (χ1v) is 5.97. The summed E-state index contributed by atoms with van der Waals surface area (Å²) < 4.78 is 26.9. The van der Waals surface area contributed by atoms with Gasteiger partial charge in [0.1, 0.15) is 11.6 Å². The summed E-state index contributed by atoms with van der Waals surface area (Å²) in [5.41, 5.74) is 1.65. The van der Waals surface area contributed by atoms with Gasteiger partial charge in [0.2, 0.25) is 0 Å². The lowest BCUT2D eigenvalue weighted by Crippen LogP contribution is -2.42. The summed E-state index contributed by atoms with van der Waals surface area (Å²) in [4.78, 5) is 0. The van der Waals surface area contributed by atoms with Crippen LogP contribution in [0.4, 0.5) is 8.78 Å². The predicted octanol–water partition coefficient (Wildman–Crippen LogP) is 2.75. The van der Waals surface area contributed by atoms with Crippen molar-refractivity contribution in [1.29, 1.82) is 0 Å². The number of rotatable bonds is 0. The molecule has 0 bridgehead atoms. The Labute approximate surface area is 93.9 Å². The van der Waals surface area contributed by atoms with Crippen molar-refractivity contribution in [3.05, 3.63) is 34.9 Å². The Hall–Kier alpha value is -0.960. The van der Waals surface area contributed by atoms with Crippen molar-refractivity contribution < 1.29 is 8.78 Å². The minimum Gasteiger partial charge on any atom is -0.313 e. The van der Waals surface area contributed by atoms with Gasteiger partial charge in [-0.15, -0.1) is 0 Å². The lowest BCUT2D eigenvalue weighted by Gasteiger charge is -2.38. The molecule has 1 aromatic rings. The fourth-order valence-electron chi connectivity index (χ4n) is 3.15. The van der Waals surface area contributed by atoms with Crippen LogP contribution in [-0.4, -0.2) is 12.6 Å². The van der Waals surface area contributed by atoms with Crippen LogP contribution in [-0.2, 0) is 6.42 Å². The van der Waals surface area contributed by atoms with Crippen LogP contribution in [0.3, 0.4) is 0 Å². The molecule has 0 aromatic heterocycles. The van der Waals surface area contributed by atoms with Gasteiger partial charge >= 0.3 is 0 Å². The second kappa shape index (κ2) is 3.81. The maximum absolute atomic E-state index is 13.6. The van der Waals surface area contributed by atoms with E-state index in [-0.39, 0.29) is 5.82 Å². The first kappa shape index (κ1) is 10.2. The molecule has 1 fully saturated rings. The van der Waals surface area contributed by atoms with E-state index >= 15 is 0 Å². The van der Waals surface area contributed by atoms with Crippen molar-refractivity contribution in [1.82, 2.24) is 5.32 Å². The molecule has 1 aliphatic heterocycles. The summed E-state index contributed by atoms with van der Waals surface area (Å²) in [5, 5.41) is 3.46. The Morgan fingerprint density at radius 3 is 2.94 bits per heavy atom. The fraction of sp³-hybridized carbons (Fsp3) is 0.538. The van der Waals surface area contributed by atoms with Crippen LogP contribution in [0.25, 0.3) is 0 Å². The van der Waals surface area contributed by atoms with Crippen LogP contribution in [0, 0.1) is 11.6 Å². The molecular weight excluding hydrogens is 208 g/mol. The van der Waals surface area contributed by atoms with Gasteiger partial charge in [-0.1, -0.05) is 0 Å². The lowest BCUT2D eigenvalue weighted by molar-refractivity contribution is 0.315. The van der Waals surface area contributed by atoms with Crippen LogP contribution in [0.5, 0.6) is 0 Å². The molecule has 1 heterocycles. The number of halogens is 2. The van der Waals surface area contributed by atoms with E-state index < -0.39 is 5.82 Å². The van der Waals surface area contributed by atoms with Gasteiger partial charge in [-0.25, -0.2) is 8.78 Å². The molecule has 1 aromatic carbocycles. The number of fused-ring (bicyclic) bond motifs is 3. The van der Waals surface area contributed by atoms with Gasteiger partial charge < -0.3 is 5.32 Å². The molecule has 2 aliphatic rings. The highest BCUT2D eigenvalue weighted by Gasteiger charge is 2.32. The quantitative estimate of drug-likeness (QED) is 0.713.